The summed E-state index contributed by atoms with van der Waals surface area (Å²) in [5.74, 6) is 3.87. The van der Waals surface area contributed by atoms with Crippen LogP contribution in [0, 0.1) is 23.6 Å². The van der Waals surface area contributed by atoms with Crippen LogP contribution in [0.1, 0.15) is 24.6 Å². The molecule has 0 bridgehead atoms. The molecule has 2 aliphatic heterocycles. The highest BCUT2D eigenvalue weighted by atomic mass is 35.5. The van der Waals surface area contributed by atoms with Crippen molar-refractivity contribution >= 4 is 41.0 Å². The van der Waals surface area contributed by atoms with Crippen molar-refractivity contribution in [3.8, 4) is 11.8 Å². The Morgan fingerprint density at radius 2 is 2.08 bits per heavy atom. The number of rotatable bonds is 2. The first-order valence-corrected chi connectivity index (χ1v) is 12.2. The molecule has 1 saturated carbocycles. The van der Waals surface area contributed by atoms with Crippen molar-refractivity contribution < 1.29 is 36.9 Å². The van der Waals surface area contributed by atoms with E-state index in [4.69, 9.17) is 27.2 Å². The molecule has 0 spiro atoms. The molecule has 2 fully saturated rings. The molecule has 3 atom stereocenters. The topological polar surface area (TPSA) is 129 Å². The lowest BCUT2D eigenvalue weighted by Crippen LogP contribution is -2.49. The minimum Gasteiger partial charge on any atom is -0.415 e. The zero-order chi connectivity index (χ0) is 27.0. The standard InChI is InChI=1S/C14H9ClF3NO2.C8H10FN3O3S/c15-9-3-4-11-10(7-9)13(14(16,17)18,21-12(20)19-11)6-5-8-1-2-8;9-4-1-12(8(14)11-7(4)10)5-3-16-6(2-13)15-5/h3-4,7-8H,1-2H2,(H,19,20);1,5-6,13H,2-3H2,(H2,10,11,14)/t13-;5-,6+/m00/s1. The van der Waals surface area contributed by atoms with E-state index in [0.717, 1.165) is 29.7 Å². The van der Waals surface area contributed by atoms with Crippen LogP contribution in [0.25, 0.3) is 0 Å². The molecule has 198 valence electrons. The van der Waals surface area contributed by atoms with Crippen LogP contribution in [0.15, 0.2) is 29.2 Å². The van der Waals surface area contributed by atoms with Gasteiger partial charge in [-0.2, -0.15) is 18.2 Å². The number of amides is 1. The Hall–Kier alpha value is -2.99. The third-order valence-corrected chi connectivity index (χ3v) is 6.74. The van der Waals surface area contributed by atoms with Crippen molar-refractivity contribution in [2.75, 3.05) is 23.4 Å². The third kappa shape index (κ3) is 5.80. The largest absolute Gasteiger partial charge is 0.445 e. The Bertz CT molecular complexity index is 1330. The Morgan fingerprint density at radius 1 is 1.35 bits per heavy atom. The Kier molecular flexibility index (Phi) is 7.61. The number of nitrogens with zero attached hydrogens (tertiary/aromatic N) is 2. The maximum atomic E-state index is 13.6. The van der Waals surface area contributed by atoms with E-state index in [0.29, 0.717) is 5.75 Å². The van der Waals surface area contributed by atoms with Crippen LogP contribution in [-0.2, 0) is 15.1 Å². The van der Waals surface area contributed by atoms with Gasteiger partial charge in [0.05, 0.1) is 18.5 Å². The van der Waals surface area contributed by atoms with E-state index in [1.165, 1.54) is 23.9 Å². The fraction of sp³-hybridized carbons (Fsp3) is 0.409. The van der Waals surface area contributed by atoms with Crippen molar-refractivity contribution in [2.45, 2.75) is 36.3 Å². The van der Waals surface area contributed by atoms with E-state index in [1.54, 1.807) is 0 Å². The summed E-state index contributed by atoms with van der Waals surface area (Å²) in [4.78, 5) is 26.3. The van der Waals surface area contributed by atoms with Crippen LogP contribution in [-0.4, -0.2) is 44.7 Å². The summed E-state index contributed by atoms with van der Waals surface area (Å²) in [6.07, 6.45) is -4.18. The van der Waals surface area contributed by atoms with Gasteiger partial charge >= 0.3 is 18.0 Å². The van der Waals surface area contributed by atoms with Gasteiger partial charge in [0.1, 0.15) is 11.7 Å². The predicted molar refractivity (Wildman–Crippen MR) is 126 cm³/mol. The second-order valence-corrected chi connectivity index (χ2v) is 9.76. The Morgan fingerprint density at radius 3 is 2.70 bits per heavy atom. The van der Waals surface area contributed by atoms with Crippen molar-refractivity contribution in [1.82, 2.24) is 9.55 Å². The number of aliphatic hydroxyl groups excluding tert-OH is 1. The number of nitrogen functional groups attached to an aromatic ring is 1. The van der Waals surface area contributed by atoms with Gasteiger partial charge in [0.25, 0.3) is 5.60 Å². The summed E-state index contributed by atoms with van der Waals surface area (Å²) in [6.45, 7) is -0.152. The molecule has 37 heavy (non-hydrogen) atoms. The highest BCUT2D eigenvalue weighted by molar-refractivity contribution is 8.00. The van der Waals surface area contributed by atoms with Crippen LogP contribution < -0.4 is 16.7 Å². The quantitative estimate of drug-likeness (QED) is 0.374. The summed E-state index contributed by atoms with van der Waals surface area (Å²) >= 11 is 7.13. The second-order valence-electron chi connectivity index (χ2n) is 8.13. The van der Waals surface area contributed by atoms with E-state index in [1.807, 2.05) is 0 Å². The normalized spacial score (nSPS) is 24.5. The molecular weight excluding hydrogens is 544 g/mol. The van der Waals surface area contributed by atoms with Crippen molar-refractivity contribution in [1.29, 1.82) is 0 Å². The van der Waals surface area contributed by atoms with E-state index in [9.17, 15) is 27.2 Å². The number of nitrogens with one attached hydrogen (secondary N) is 1. The number of cyclic esters (lactones) is 1. The first-order chi connectivity index (χ1) is 17.4. The number of ether oxygens (including phenoxy) is 2. The number of aromatic nitrogens is 2. The number of hydrogen-bond acceptors (Lipinski definition) is 8. The van der Waals surface area contributed by atoms with Gasteiger partial charge in [-0.15, -0.1) is 11.8 Å². The number of fused-ring (bicyclic) bond motifs is 1. The smallest absolute Gasteiger partial charge is 0.415 e. The van der Waals surface area contributed by atoms with Gasteiger partial charge in [0.2, 0.25) is 0 Å². The number of anilines is 2. The van der Waals surface area contributed by atoms with Gasteiger partial charge in [-0.25, -0.2) is 14.0 Å². The van der Waals surface area contributed by atoms with Crippen molar-refractivity contribution in [3.63, 3.8) is 0 Å². The monoisotopic (exact) mass is 562 g/mol. The average Bonchev–Trinajstić information content (AvgIpc) is 3.54. The van der Waals surface area contributed by atoms with Gasteiger partial charge in [-0.3, -0.25) is 9.88 Å². The highest BCUT2D eigenvalue weighted by Crippen LogP contribution is 2.48. The van der Waals surface area contributed by atoms with Crippen molar-refractivity contribution in [3.05, 3.63) is 51.3 Å². The molecule has 0 unspecified atom stereocenters. The lowest BCUT2D eigenvalue weighted by Gasteiger charge is -2.35. The van der Waals surface area contributed by atoms with Gasteiger partial charge in [0, 0.05) is 22.3 Å². The zero-order valence-corrected chi connectivity index (χ0v) is 20.3. The summed E-state index contributed by atoms with van der Waals surface area (Å²) in [6, 6.07) is 3.81. The summed E-state index contributed by atoms with van der Waals surface area (Å²) in [5.41, 5.74) is 0.829. The molecule has 9 nitrogen and oxygen atoms in total. The minimum atomic E-state index is -4.87. The molecule has 1 aromatic heterocycles. The number of hydrogen-bond donors (Lipinski definition) is 3. The molecule has 1 aliphatic carbocycles. The molecule has 15 heteroatoms. The molecule has 1 aromatic carbocycles. The molecule has 5 rings (SSSR count). The van der Waals surface area contributed by atoms with Crippen molar-refractivity contribution in [2.24, 2.45) is 5.92 Å². The lowest BCUT2D eigenvalue weighted by atomic mass is 9.90. The Balaban J connectivity index is 0.000000180. The van der Waals surface area contributed by atoms with Crippen LogP contribution in [0.4, 0.5) is 33.9 Å². The average molecular weight is 563 g/mol. The molecule has 4 N–H and O–H groups in total. The summed E-state index contributed by atoms with van der Waals surface area (Å²) in [7, 11) is 0. The molecule has 1 saturated heterocycles. The molecule has 2 aromatic rings. The first-order valence-electron chi connectivity index (χ1n) is 10.7. The van der Waals surface area contributed by atoms with Crippen LogP contribution in [0.2, 0.25) is 5.02 Å². The summed E-state index contributed by atoms with van der Waals surface area (Å²) < 4.78 is 64.9. The Labute approximate surface area is 216 Å². The number of thioether (sulfide) groups is 1. The SMILES string of the molecule is Nc1nc(=O)n([C@@H]2CS[C@H](CO)O2)cc1F.O=C1Nc2ccc(Cl)cc2[C@@](C#CC2CC2)(C(F)(F)F)O1. The number of alkyl halides is 3. The number of carbonyl (C=O) groups excluding carboxylic acids is 1. The number of benzene rings is 1. The van der Waals surface area contributed by atoms with Gasteiger partial charge in [-0.05, 0) is 37.0 Å². The highest BCUT2D eigenvalue weighted by Gasteiger charge is 2.62. The molecule has 3 heterocycles. The number of nitrogens with two attached hydrogens (primary N) is 1. The van der Waals surface area contributed by atoms with Gasteiger partial charge in [-0.1, -0.05) is 17.5 Å². The zero-order valence-electron chi connectivity index (χ0n) is 18.7. The van der Waals surface area contributed by atoms with E-state index < -0.39 is 46.9 Å². The maximum Gasteiger partial charge on any atom is 0.445 e. The molecular formula is C22H19ClF4N4O5S. The molecule has 3 aliphatic rings. The number of aliphatic hydroxyl groups is 1. The second kappa shape index (κ2) is 10.4. The minimum absolute atomic E-state index is 0.00179. The van der Waals surface area contributed by atoms with Gasteiger partial charge < -0.3 is 20.3 Å². The van der Waals surface area contributed by atoms with Gasteiger partial charge in [0.15, 0.2) is 11.6 Å². The van der Waals surface area contributed by atoms with E-state index in [-0.39, 0.29) is 28.8 Å². The van der Waals surface area contributed by atoms with Crippen LogP contribution in [0.5, 0.6) is 0 Å². The molecule has 1 amide bonds. The van der Waals surface area contributed by atoms with E-state index >= 15 is 0 Å². The van der Waals surface area contributed by atoms with E-state index in [2.05, 4.69) is 26.9 Å². The van der Waals surface area contributed by atoms with Crippen LogP contribution >= 0.6 is 23.4 Å². The first kappa shape index (κ1) is 27.1. The fourth-order valence-electron chi connectivity index (χ4n) is 3.40. The van der Waals surface area contributed by atoms with Crippen LogP contribution in [0.3, 0.4) is 0 Å². The predicted octanol–water partition coefficient (Wildman–Crippen LogP) is 3.62. The maximum absolute atomic E-state index is 13.6. The fourth-order valence-corrected chi connectivity index (χ4v) is 4.50. The third-order valence-electron chi connectivity index (χ3n) is 5.40. The number of carbonyl (C=O) groups is 1. The lowest BCUT2D eigenvalue weighted by molar-refractivity contribution is -0.239. The molecule has 0 radical (unpaired) electrons. The summed E-state index contributed by atoms with van der Waals surface area (Å²) in [5, 5.41) is 11.2. The number of halogens is 5.